The van der Waals surface area contributed by atoms with Crippen molar-refractivity contribution in [3.63, 3.8) is 0 Å². The summed E-state index contributed by atoms with van der Waals surface area (Å²) in [7, 11) is 0. The third kappa shape index (κ3) is 2.40. The normalized spacial score (nSPS) is 11.1. The van der Waals surface area contributed by atoms with Gasteiger partial charge in [-0.05, 0) is 6.07 Å². The van der Waals surface area contributed by atoms with Crippen LogP contribution >= 0.6 is 22.7 Å². The summed E-state index contributed by atoms with van der Waals surface area (Å²) in [5.41, 5.74) is 0.360. The molecule has 9 heteroatoms. The van der Waals surface area contributed by atoms with E-state index in [1.807, 2.05) is 0 Å². The molecule has 3 rings (SSSR count). The van der Waals surface area contributed by atoms with Crippen molar-refractivity contribution in [3.8, 4) is 17.5 Å². The number of aromatic nitrogens is 2. The molecule has 0 aliphatic carbocycles. The van der Waals surface area contributed by atoms with Crippen molar-refractivity contribution in [3.05, 3.63) is 58.9 Å². The number of aromatic hydroxyl groups is 3. The minimum Gasteiger partial charge on any atom is -0.508 e. The van der Waals surface area contributed by atoms with Gasteiger partial charge in [-0.2, -0.15) is 0 Å². The van der Waals surface area contributed by atoms with E-state index >= 15 is 0 Å². The highest BCUT2D eigenvalue weighted by atomic mass is 32.1. The molecular formula is C13H10N2O5S2. The SMILES string of the molecule is O=c1[nH]c(O)c(C(c2ccccc2O)c2sc(=O)[nH]c2O)s1. The van der Waals surface area contributed by atoms with Crippen molar-refractivity contribution in [2.24, 2.45) is 0 Å². The van der Waals surface area contributed by atoms with Gasteiger partial charge >= 0.3 is 9.75 Å². The first-order valence-electron chi connectivity index (χ1n) is 6.09. The predicted octanol–water partition coefficient (Wildman–Crippen LogP) is 1.48. The quantitative estimate of drug-likeness (QED) is 0.494. The van der Waals surface area contributed by atoms with Crippen molar-refractivity contribution < 1.29 is 15.3 Å². The zero-order chi connectivity index (χ0) is 15.9. The maximum Gasteiger partial charge on any atom is 0.307 e. The Morgan fingerprint density at radius 3 is 1.77 bits per heavy atom. The van der Waals surface area contributed by atoms with Gasteiger partial charge in [0.1, 0.15) is 5.75 Å². The molecule has 114 valence electrons. The summed E-state index contributed by atoms with van der Waals surface area (Å²) < 4.78 is 0. The maximum atomic E-state index is 11.5. The molecule has 0 saturated heterocycles. The van der Waals surface area contributed by atoms with Gasteiger partial charge < -0.3 is 15.3 Å². The Bertz CT molecular complexity index is 882. The number of thiazole rings is 2. The second kappa shape index (κ2) is 5.35. The van der Waals surface area contributed by atoms with Gasteiger partial charge in [0.25, 0.3) is 0 Å². The Morgan fingerprint density at radius 2 is 1.36 bits per heavy atom. The number of hydrogen-bond acceptors (Lipinski definition) is 7. The van der Waals surface area contributed by atoms with Crippen LogP contribution in [0.2, 0.25) is 0 Å². The van der Waals surface area contributed by atoms with Gasteiger partial charge in [-0.15, -0.1) is 0 Å². The van der Waals surface area contributed by atoms with E-state index in [4.69, 9.17) is 0 Å². The topological polar surface area (TPSA) is 126 Å². The van der Waals surface area contributed by atoms with Gasteiger partial charge in [0.2, 0.25) is 11.8 Å². The average molecular weight is 338 g/mol. The number of benzene rings is 1. The lowest BCUT2D eigenvalue weighted by atomic mass is 9.95. The molecule has 7 nitrogen and oxygen atoms in total. The minimum atomic E-state index is -0.839. The van der Waals surface area contributed by atoms with Gasteiger partial charge in [0, 0.05) is 5.56 Å². The molecule has 2 aromatic heterocycles. The molecule has 0 bridgehead atoms. The van der Waals surface area contributed by atoms with E-state index in [0.717, 1.165) is 22.7 Å². The summed E-state index contributed by atoms with van der Waals surface area (Å²) in [6.07, 6.45) is 0. The molecule has 0 saturated carbocycles. The number of aromatic amines is 2. The van der Waals surface area contributed by atoms with E-state index in [1.165, 1.54) is 6.07 Å². The molecule has 0 aliphatic heterocycles. The molecule has 0 atom stereocenters. The van der Waals surface area contributed by atoms with Gasteiger partial charge in [0.15, 0.2) is 0 Å². The van der Waals surface area contributed by atoms with Crippen molar-refractivity contribution in [1.82, 2.24) is 9.97 Å². The number of rotatable bonds is 3. The second-order valence-electron chi connectivity index (χ2n) is 4.45. The Hall–Kier alpha value is -2.52. The molecule has 22 heavy (non-hydrogen) atoms. The zero-order valence-corrected chi connectivity index (χ0v) is 12.5. The van der Waals surface area contributed by atoms with E-state index in [2.05, 4.69) is 9.97 Å². The summed E-state index contributed by atoms with van der Waals surface area (Å²) in [5.74, 6) is -1.63. The third-order valence-corrected chi connectivity index (χ3v) is 4.96. The van der Waals surface area contributed by atoms with E-state index in [1.54, 1.807) is 18.2 Å². The Balaban J connectivity index is 2.30. The summed E-state index contributed by atoms with van der Waals surface area (Å²) in [6.45, 7) is 0. The fraction of sp³-hybridized carbons (Fsp3) is 0.0769. The molecule has 5 N–H and O–H groups in total. The summed E-state index contributed by atoms with van der Waals surface area (Å²) in [4.78, 5) is 26.9. The standard InChI is InChI=1S/C13H10N2O5S2/c16-6-4-2-1-3-5(6)7(8-10(17)14-12(19)21-8)9-11(18)15-13(20)22-9/h1-4,7,16-18H,(H,14,19)(H,15,20). The second-order valence-corrected chi connectivity index (χ2v) is 6.48. The Kier molecular flexibility index (Phi) is 3.51. The highest BCUT2D eigenvalue weighted by Crippen LogP contribution is 2.44. The average Bonchev–Trinajstić information content (AvgIpc) is 2.95. The minimum absolute atomic E-state index is 0.0759. The van der Waals surface area contributed by atoms with Gasteiger partial charge in [-0.25, -0.2) is 0 Å². The molecule has 0 fully saturated rings. The molecule has 2 heterocycles. The number of para-hydroxylation sites is 1. The van der Waals surface area contributed by atoms with Gasteiger partial charge in [-0.3, -0.25) is 19.6 Å². The van der Waals surface area contributed by atoms with Crippen LogP contribution in [0, 0.1) is 0 Å². The predicted molar refractivity (Wildman–Crippen MR) is 82.3 cm³/mol. The first kappa shape index (κ1) is 14.4. The summed E-state index contributed by atoms with van der Waals surface area (Å²) in [6, 6.07) is 6.32. The number of H-pyrrole nitrogens is 2. The molecule has 0 radical (unpaired) electrons. The van der Waals surface area contributed by atoms with Crippen LogP contribution in [-0.2, 0) is 0 Å². The smallest absolute Gasteiger partial charge is 0.307 e. The maximum absolute atomic E-state index is 11.5. The molecule has 0 aliphatic rings. The Labute approximate surface area is 130 Å². The third-order valence-electron chi connectivity index (χ3n) is 3.09. The number of hydrogen-bond donors (Lipinski definition) is 5. The lowest BCUT2D eigenvalue weighted by Crippen LogP contribution is -2.01. The van der Waals surface area contributed by atoms with Crippen LogP contribution in [0.15, 0.2) is 33.9 Å². The lowest BCUT2D eigenvalue weighted by Gasteiger charge is -2.15. The van der Waals surface area contributed by atoms with Crippen LogP contribution in [0.1, 0.15) is 21.2 Å². The van der Waals surface area contributed by atoms with Gasteiger partial charge in [0.05, 0.1) is 15.7 Å². The number of phenols is 1. The highest BCUT2D eigenvalue weighted by molar-refractivity contribution is 7.11. The van der Waals surface area contributed by atoms with Crippen LogP contribution in [0.3, 0.4) is 0 Å². The fourth-order valence-electron chi connectivity index (χ4n) is 2.19. The first-order chi connectivity index (χ1) is 10.5. The Morgan fingerprint density at radius 1 is 0.864 bits per heavy atom. The molecule has 1 aromatic carbocycles. The molecular weight excluding hydrogens is 328 g/mol. The highest BCUT2D eigenvalue weighted by Gasteiger charge is 2.29. The van der Waals surface area contributed by atoms with Crippen molar-refractivity contribution in [1.29, 1.82) is 0 Å². The number of nitrogens with one attached hydrogen (secondary N) is 2. The first-order valence-corrected chi connectivity index (χ1v) is 7.72. The van der Waals surface area contributed by atoms with E-state index in [0.29, 0.717) is 5.56 Å². The van der Waals surface area contributed by atoms with E-state index in [-0.39, 0.29) is 27.3 Å². The van der Waals surface area contributed by atoms with Crippen LogP contribution in [0.4, 0.5) is 0 Å². The molecule has 0 unspecified atom stereocenters. The molecule has 0 amide bonds. The van der Waals surface area contributed by atoms with Crippen LogP contribution < -0.4 is 9.75 Å². The molecule has 0 spiro atoms. The largest absolute Gasteiger partial charge is 0.508 e. The van der Waals surface area contributed by atoms with E-state index < -0.39 is 15.7 Å². The van der Waals surface area contributed by atoms with Crippen LogP contribution in [0.25, 0.3) is 0 Å². The summed E-state index contributed by atoms with van der Waals surface area (Å²) >= 11 is 1.49. The van der Waals surface area contributed by atoms with Crippen LogP contribution in [-0.4, -0.2) is 25.3 Å². The monoisotopic (exact) mass is 338 g/mol. The van der Waals surface area contributed by atoms with Crippen molar-refractivity contribution >= 4 is 22.7 Å². The lowest BCUT2D eigenvalue weighted by molar-refractivity contribution is 0.439. The van der Waals surface area contributed by atoms with Gasteiger partial charge in [-0.1, -0.05) is 40.9 Å². The van der Waals surface area contributed by atoms with E-state index in [9.17, 15) is 24.9 Å². The number of phenolic OH excluding ortho intramolecular Hbond substituents is 1. The molecule has 3 aromatic rings. The van der Waals surface area contributed by atoms with Crippen molar-refractivity contribution in [2.45, 2.75) is 5.92 Å². The zero-order valence-electron chi connectivity index (χ0n) is 10.9. The fourth-order valence-corrected chi connectivity index (χ4v) is 3.98. The van der Waals surface area contributed by atoms with Crippen molar-refractivity contribution in [2.75, 3.05) is 0 Å². The summed E-state index contributed by atoms with van der Waals surface area (Å²) in [5, 5.41) is 29.9. The van der Waals surface area contributed by atoms with Crippen LogP contribution in [0.5, 0.6) is 17.5 Å².